The number of nitrogen functional groups attached to an aromatic ring is 1. The molecular formula is C25H32N6O3S. The van der Waals surface area contributed by atoms with Gasteiger partial charge in [-0.15, -0.1) is 10.2 Å². The van der Waals surface area contributed by atoms with Gasteiger partial charge in [-0.1, -0.05) is 43.8 Å². The first kappa shape index (κ1) is 26.1. The first-order valence-corrected chi connectivity index (χ1v) is 12.5. The van der Waals surface area contributed by atoms with Crippen LogP contribution in [-0.4, -0.2) is 50.4 Å². The summed E-state index contributed by atoms with van der Waals surface area (Å²) in [5, 5.41) is 11.3. The minimum absolute atomic E-state index is 0.0673. The van der Waals surface area contributed by atoms with Crippen molar-refractivity contribution in [2.75, 3.05) is 30.0 Å². The Kier molecular flexibility index (Phi) is 9.13. The maximum absolute atomic E-state index is 12.5. The van der Waals surface area contributed by atoms with Crippen molar-refractivity contribution >= 4 is 29.3 Å². The molecule has 35 heavy (non-hydrogen) atoms. The van der Waals surface area contributed by atoms with Gasteiger partial charge in [-0.2, -0.15) is 0 Å². The predicted molar refractivity (Wildman–Crippen MR) is 138 cm³/mol. The lowest BCUT2D eigenvalue weighted by atomic mass is 10.0. The minimum Gasteiger partial charge on any atom is -0.486 e. The van der Waals surface area contributed by atoms with Crippen molar-refractivity contribution in [3.8, 4) is 5.75 Å². The molecule has 10 heteroatoms. The standard InChI is InChI=1S/C25H32N6O3S/c1-5-30(6-2)24(33)19-8-7-9-20(14-19)27-23(32)16-35-25-29-28-22(31(25)26)15-34-21-12-10-18(11-13-21)17(3)4/h7-14,17H,5-6,15-16,26H2,1-4H3,(H,27,32). The van der Waals surface area contributed by atoms with E-state index in [0.717, 1.165) is 0 Å². The molecule has 0 aliphatic heterocycles. The zero-order chi connectivity index (χ0) is 25.4. The highest BCUT2D eigenvalue weighted by atomic mass is 32.2. The summed E-state index contributed by atoms with van der Waals surface area (Å²) < 4.78 is 7.09. The van der Waals surface area contributed by atoms with Crippen LogP contribution in [0.25, 0.3) is 0 Å². The summed E-state index contributed by atoms with van der Waals surface area (Å²) in [6.45, 7) is 9.55. The Balaban J connectivity index is 1.52. The SMILES string of the molecule is CCN(CC)C(=O)c1cccc(NC(=O)CSc2nnc(COc3ccc(C(C)C)cc3)n2N)c1. The molecule has 3 N–H and O–H groups in total. The summed E-state index contributed by atoms with van der Waals surface area (Å²) in [7, 11) is 0. The van der Waals surface area contributed by atoms with Crippen LogP contribution in [0.5, 0.6) is 5.75 Å². The van der Waals surface area contributed by atoms with Crippen molar-refractivity contribution in [3.05, 3.63) is 65.5 Å². The molecule has 0 saturated carbocycles. The second-order valence-corrected chi connectivity index (χ2v) is 9.12. The van der Waals surface area contributed by atoms with Crippen LogP contribution >= 0.6 is 11.8 Å². The smallest absolute Gasteiger partial charge is 0.253 e. The molecule has 2 amide bonds. The van der Waals surface area contributed by atoms with Crippen LogP contribution < -0.4 is 15.9 Å². The molecule has 3 rings (SSSR count). The van der Waals surface area contributed by atoms with Crippen LogP contribution in [0.15, 0.2) is 53.7 Å². The third-order valence-corrected chi connectivity index (χ3v) is 6.37. The van der Waals surface area contributed by atoms with Gasteiger partial charge in [-0.25, -0.2) is 4.68 Å². The van der Waals surface area contributed by atoms with Gasteiger partial charge >= 0.3 is 0 Å². The molecule has 0 bridgehead atoms. The number of nitrogens with one attached hydrogen (secondary N) is 1. The minimum atomic E-state index is -0.242. The number of anilines is 1. The van der Waals surface area contributed by atoms with Gasteiger partial charge < -0.3 is 20.8 Å². The number of nitrogens with zero attached hydrogens (tertiary/aromatic N) is 4. The summed E-state index contributed by atoms with van der Waals surface area (Å²) in [6.07, 6.45) is 0. The van der Waals surface area contributed by atoms with Gasteiger partial charge in [-0.05, 0) is 55.7 Å². The summed E-state index contributed by atoms with van der Waals surface area (Å²) in [6, 6.07) is 14.8. The summed E-state index contributed by atoms with van der Waals surface area (Å²) >= 11 is 1.17. The molecule has 3 aromatic rings. The Morgan fingerprint density at radius 1 is 1.11 bits per heavy atom. The summed E-state index contributed by atoms with van der Waals surface area (Å²) in [5.41, 5.74) is 2.32. The number of hydrogen-bond acceptors (Lipinski definition) is 7. The number of amides is 2. The zero-order valence-electron chi connectivity index (χ0n) is 20.5. The van der Waals surface area contributed by atoms with E-state index in [4.69, 9.17) is 10.6 Å². The average Bonchev–Trinajstić information content (AvgIpc) is 3.21. The Bertz CT molecular complexity index is 1140. The normalized spacial score (nSPS) is 10.9. The number of carbonyl (C=O) groups excluding carboxylic acids is 2. The molecule has 0 unspecified atom stereocenters. The fourth-order valence-electron chi connectivity index (χ4n) is 3.35. The predicted octanol–water partition coefficient (Wildman–Crippen LogP) is 3.91. The van der Waals surface area contributed by atoms with Crippen molar-refractivity contribution < 1.29 is 14.3 Å². The number of aromatic nitrogens is 3. The van der Waals surface area contributed by atoms with Crippen LogP contribution in [0.3, 0.4) is 0 Å². The molecule has 0 atom stereocenters. The third-order valence-electron chi connectivity index (χ3n) is 5.43. The monoisotopic (exact) mass is 496 g/mol. The van der Waals surface area contributed by atoms with Crippen LogP contribution in [0.1, 0.15) is 55.4 Å². The van der Waals surface area contributed by atoms with Gasteiger partial charge in [0.15, 0.2) is 5.82 Å². The van der Waals surface area contributed by atoms with Gasteiger partial charge in [0.1, 0.15) is 12.4 Å². The number of carbonyl (C=O) groups is 2. The van der Waals surface area contributed by atoms with E-state index in [9.17, 15) is 9.59 Å². The van der Waals surface area contributed by atoms with Gasteiger partial charge in [0.2, 0.25) is 11.1 Å². The van der Waals surface area contributed by atoms with Crippen LogP contribution in [0.4, 0.5) is 5.69 Å². The fraction of sp³-hybridized carbons (Fsp3) is 0.360. The van der Waals surface area contributed by atoms with Gasteiger partial charge in [-0.3, -0.25) is 9.59 Å². The quantitative estimate of drug-likeness (QED) is 0.305. The zero-order valence-corrected chi connectivity index (χ0v) is 21.3. The molecule has 1 aromatic heterocycles. The number of ether oxygens (including phenoxy) is 1. The number of thioether (sulfide) groups is 1. The molecule has 0 aliphatic carbocycles. The average molecular weight is 497 g/mol. The van der Waals surface area contributed by atoms with E-state index in [2.05, 4.69) is 29.4 Å². The fourth-order valence-corrected chi connectivity index (χ4v) is 4.03. The van der Waals surface area contributed by atoms with E-state index >= 15 is 0 Å². The molecule has 0 spiro atoms. The Morgan fingerprint density at radius 3 is 2.49 bits per heavy atom. The molecule has 0 aliphatic rings. The lowest BCUT2D eigenvalue weighted by Crippen LogP contribution is -2.30. The first-order chi connectivity index (χ1) is 16.8. The molecule has 1 heterocycles. The molecule has 0 saturated heterocycles. The molecule has 0 radical (unpaired) electrons. The molecule has 0 fully saturated rings. The second-order valence-electron chi connectivity index (χ2n) is 8.18. The van der Waals surface area contributed by atoms with Crippen molar-refractivity contribution in [1.82, 2.24) is 19.8 Å². The molecule has 9 nitrogen and oxygen atoms in total. The maximum atomic E-state index is 12.5. The number of nitrogens with two attached hydrogens (primary N) is 1. The first-order valence-electron chi connectivity index (χ1n) is 11.6. The molecular weight excluding hydrogens is 464 g/mol. The number of hydrogen-bond donors (Lipinski definition) is 2. The largest absolute Gasteiger partial charge is 0.486 e. The van der Waals surface area contributed by atoms with E-state index in [-0.39, 0.29) is 24.2 Å². The van der Waals surface area contributed by atoms with E-state index in [1.807, 2.05) is 38.1 Å². The third kappa shape index (κ3) is 6.98. The second kappa shape index (κ2) is 12.3. The highest BCUT2D eigenvalue weighted by molar-refractivity contribution is 7.99. The topological polar surface area (TPSA) is 115 Å². The van der Waals surface area contributed by atoms with Gasteiger partial charge in [0, 0.05) is 24.3 Å². The van der Waals surface area contributed by atoms with Crippen molar-refractivity contribution in [2.24, 2.45) is 0 Å². The van der Waals surface area contributed by atoms with Gasteiger partial charge in [0.25, 0.3) is 5.91 Å². The lowest BCUT2D eigenvalue weighted by molar-refractivity contribution is -0.113. The van der Waals surface area contributed by atoms with Crippen LogP contribution in [0, 0.1) is 0 Å². The highest BCUT2D eigenvalue weighted by Gasteiger charge is 2.15. The van der Waals surface area contributed by atoms with Crippen molar-refractivity contribution in [1.29, 1.82) is 0 Å². The number of benzene rings is 2. The van der Waals surface area contributed by atoms with Crippen LogP contribution in [-0.2, 0) is 11.4 Å². The van der Waals surface area contributed by atoms with E-state index in [1.165, 1.54) is 22.0 Å². The summed E-state index contributed by atoms with van der Waals surface area (Å²) in [5.74, 6) is 7.48. The highest BCUT2D eigenvalue weighted by Crippen LogP contribution is 2.20. The number of rotatable bonds is 11. The molecule has 2 aromatic carbocycles. The summed E-state index contributed by atoms with van der Waals surface area (Å²) in [4.78, 5) is 26.7. The van der Waals surface area contributed by atoms with E-state index in [0.29, 0.717) is 47.0 Å². The van der Waals surface area contributed by atoms with E-state index < -0.39 is 0 Å². The van der Waals surface area contributed by atoms with Crippen LogP contribution in [0.2, 0.25) is 0 Å². The van der Waals surface area contributed by atoms with Crippen molar-refractivity contribution in [3.63, 3.8) is 0 Å². The Morgan fingerprint density at radius 2 is 1.83 bits per heavy atom. The maximum Gasteiger partial charge on any atom is 0.253 e. The molecule has 186 valence electrons. The van der Waals surface area contributed by atoms with Gasteiger partial charge in [0.05, 0.1) is 5.75 Å². The Hall–Kier alpha value is -3.53. The van der Waals surface area contributed by atoms with E-state index in [1.54, 1.807) is 29.2 Å². The van der Waals surface area contributed by atoms with Crippen molar-refractivity contribution in [2.45, 2.75) is 45.4 Å². The Labute approximate surface area is 210 Å². The lowest BCUT2D eigenvalue weighted by Gasteiger charge is -2.19.